The predicted molar refractivity (Wildman–Crippen MR) is 74.9 cm³/mol. The van der Waals surface area contributed by atoms with E-state index in [0.29, 0.717) is 6.54 Å². The summed E-state index contributed by atoms with van der Waals surface area (Å²) in [6.07, 6.45) is 11.1. The molecule has 0 unspecified atom stereocenters. The summed E-state index contributed by atoms with van der Waals surface area (Å²) in [4.78, 5) is 19.1. The summed E-state index contributed by atoms with van der Waals surface area (Å²) in [5.74, 6) is 2.57. The van der Waals surface area contributed by atoms with Crippen LogP contribution in [0, 0.1) is 17.8 Å². The van der Waals surface area contributed by atoms with Gasteiger partial charge in [-0.3, -0.25) is 0 Å². The van der Waals surface area contributed by atoms with Crippen molar-refractivity contribution < 1.29 is 4.79 Å². The first kappa shape index (κ1) is 12.2. The van der Waals surface area contributed by atoms with Crippen LogP contribution >= 0.6 is 0 Å². The van der Waals surface area contributed by atoms with Crippen LogP contribution in [0.15, 0.2) is 12.5 Å². The van der Waals surface area contributed by atoms with Crippen molar-refractivity contribution in [2.45, 2.75) is 50.6 Å². The topological polar surface area (TPSA) is 69.8 Å². The molecule has 0 saturated heterocycles. The summed E-state index contributed by atoms with van der Waals surface area (Å²) in [6.45, 7) is 0.512. The minimum Gasteiger partial charge on any atom is -0.347 e. The van der Waals surface area contributed by atoms with Crippen LogP contribution in [0.2, 0.25) is 0 Å². The van der Waals surface area contributed by atoms with Crippen LogP contribution in [0.4, 0.5) is 4.79 Å². The zero-order valence-electron chi connectivity index (χ0n) is 11.7. The van der Waals surface area contributed by atoms with Gasteiger partial charge >= 0.3 is 6.03 Å². The van der Waals surface area contributed by atoms with Gasteiger partial charge in [-0.05, 0) is 56.3 Å². The van der Waals surface area contributed by atoms with Crippen molar-refractivity contribution in [1.82, 2.24) is 20.6 Å². The number of aromatic amines is 1. The van der Waals surface area contributed by atoms with E-state index in [1.165, 1.54) is 38.5 Å². The number of carbonyl (C=O) groups excluding carboxylic acids is 1. The minimum atomic E-state index is -0.0263. The van der Waals surface area contributed by atoms with Gasteiger partial charge < -0.3 is 15.6 Å². The number of nitrogens with one attached hydrogen (secondary N) is 3. The van der Waals surface area contributed by atoms with Gasteiger partial charge in [-0.2, -0.15) is 0 Å². The lowest BCUT2D eigenvalue weighted by atomic mass is 9.53. The number of hydrogen-bond donors (Lipinski definition) is 3. The maximum absolute atomic E-state index is 12.2. The summed E-state index contributed by atoms with van der Waals surface area (Å²) < 4.78 is 0. The van der Waals surface area contributed by atoms with E-state index >= 15 is 0 Å². The molecule has 3 N–H and O–H groups in total. The highest BCUT2D eigenvalue weighted by atomic mass is 16.2. The van der Waals surface area contributed by atoms with Crippen LogP contribution in [0.25, 0.3) is 0 Å². The van der Waals surface area contributed by atoms with Gasteiger partial charge in [0.2, 0.25) is 0 Å². The van der Waals surface area contributed by atoms with Crippen LogP contribution in [-0.4, -0.2) is 21.5 Å². The molecule has 1 aromatic heterocycles. The van der Waals surface area contributed by atoms with Gasteiger partial charge in [0.05, 0.1) is 18.6 Å². The first-order valence-electron chi connectivity index (χ1n) is 7.74. The molecule has 4 fully saturated rings. The maximum atomic E-state index is 12.2. The third-order valence-corrected chi connectivity index (χ3v) is 5.41. The number of nitrogens with zero attached hydrogens (tertiary/aromatic N) is 1. The number of rotatable bonds is 3. The summed E-state index contributed by atoms with van der Waals surface area (Å²) in [7, 11) is 0. The first-order chi connectivity index (χ1) is 9.71. The summed E-state index contributed by atoms with van der Waals surface area (Å²) >= 11 is 0. The molecule has 4 aliphatic carbocycles. The lowest BCUT2D eigenvalue weighted by Gasteiger charge is -2.56. The molecule has 2 amide bonds. The van der Waals surface area contributed by atoms with E-state index in [1.807, 2.05) is 0 Å². The Balaban J connectivity index is 1.37. The maximum Gasteiger partial charge on any atom is 0.315 e. The summed E-state index contributed by atoms with van der Waals surface area (Å²) in [6, 6.07) is -0.0263. The van der Waals surface area contributed by atoms with Crippen molar-refractivity contribution in [3.05, 3.63) is 18.2 Å². The monoisotopic (exact) mass is 274 g/mol. The Hall–Kier alpha value is -1.52. The molecular formula is C15H22N4O. The van der Waals surface area contributed by atoms with Crippen molar-refractivity contribution in [2.75, 3.05) is 0 Å². The largest absolute Gasteiger partial charge is 0.347 e. The Morgan fingerprint density at radius 2 is 1.90 bits per heavy atom. The molecule has 20 heavy (non-hydrogen) atoms. The fourth-order valence-corrected chi connectivity index (χ4v) is 5.11. The number of carbonyl (C=O) groups is 1. The zero-order chi connectivity index (χ0) is 13.6. The highest BCUT2D eigenvalue weighted by Crippen LogP contribution is 2.55. The molecule has 1 heterocycles. The molecule has 4 saturated carbocycles. The van der Waals surface area contributed by atoms with E-state index in [2.05, 4.69) is 20.6 Å². The van der Waals surface area contributed by atoms with Gasteiger partial charge in [0, 0.05) is 11.7 Å². The number of aromatic nitrogens is 2. The van der Waals surface area contributed by atoms with Gasteiger partial charge in [0.25, 0.3) is 0 Å². The molecule has 5 nitrogen and oxygen atoms in total. The molecule has 0 spiro atoms. The molecule has 0 atom stereocenters. The lowest BCUT2D eigenvalue weighted by Crippen LogP contribution is -2.61. The minimum absolute atomic E-state index is 0.0263. The molecule has 0 aliphatic heterocycles. The Morgan fingerprint density at radius 1 is 1.25 bits per heavy atom. The molecule has 5 heteroatoms. The molecule has 108 valence electrons. The number of amides is 2. The molecule has 5 rings (SSSR count). The van der Waals surface area contributed by atoms with E-state index in [9.17, 15) is 4.79 Å². The van der Waals surface area contributed by atoms with E-state index in [-0.39, 0.29) is 11.6 Å². The zero-order valence-corrected chi connectivity index (χ0v) is 11.7. The normalized spacial score (nSPS) is 37.9. The van der Waals surface area contributed by atoms with Gasteiger partial charge in [-0.25, -0.2) is 9.78 Å². The fourth-order valence-electron chi connectivity index (χ4n) is 5.11. The third-order valence-electron chi connectivity index (χ3n) is 5.41. The molecule has 0 aromatic carbocycles. The average Bonchev–Trinajstić information content (AvgIpc) is 2.87. The first-order valence-corrected chi connectivity index (χ1v) is 7.74. The van der Waals surface area contributed by atoms with Crippen LogP contribution in [0.1, 0.15) is 44.2 Å². The highest BCUT2D eigenvalue weighted by Gasteiger charge is 2.51. The second-order valence-corrected chi connectivity index (χ2v) is 7.08. The molecular weight excluding hydrogens is 252 g/mol. The van der Waals surface area contributed by atoms with E-state index in [0.717, 1.165) is 23.4 Å². The van der Waals surface area contributed by atoms with Crippen LogP contribution in [-0.2, 0) is 6.54 Å². The molecule has 4 bridgehead atoms. The van der Waals surface area contributed by atoms with Gasteiger partial charge in [0.1, 0.15) is 0 Å². The van der Waals surface area contributed by atoms with Crippen LogP contribution in [0.3, 0.4) is 0 Å². The number of urea groups is 1. The van der Waals surface area contributed by atoms with E-state index < -0.39 is 0 Å². The Kier molecular flexibility index (Phi) is 2.75. The lowest BCUT2D eigenvalue weighted by molar-refractivity contribution is -0.0135. The third kappa shape index (κ3) is 2.19. The molecule has 0 radical (unpaired) electrons. The summed E-state index contributed by atoms with van der Waals surface area (Å²) in [5, 5.41) is 6.24. The standard InChI is InChI=1S/C15H22N4O/c20-14(17-8-13-7-16-9-18-13)19-15-4-10-1-11(5-15)3-12(2-10)6-15/h7,9-12H,1-6,8H2,(H,16,18)(H2,17,19,20). The number of hydrogen-bond acceptors (Lipinski definition) is 2. The van der Waals surface area contributed by atoms with Crippen LogP contribution in [0.5, 0.6) is 0 Å². The Labute approximate surface area is 118 Å². The van der Waals surface area contributed by atoms with Crippen molar-refractivity contribution in [2.24, 2.45) is 17.8 Å². The van der Waals surface area contributed by atoms with Crippen molar-refractivity contribution in [3.8, 4) is 0 Å². The summed E-state index contributed by atoms with van der Waals surface area (Å²) in [5.41, 5.74) is 1.03. The fraction of sp³-hybridized carbons (Fsp3) is 0.733. The highest BCUT2D eigenvalue weighted by molar-refractivity contribution is 5.74. The van der Waals surface area contributed by atoms with Gasteiger partial charge in [0.15, 0.2) is 0 Å². The number of imidazole rings is 1. The SMILES string of the molecule is O=C(NCc1cnc[nH]1)NC12CC3CC(CC(C3)C1)C2. The Morgan fingerprint density at radius 3 is 2.45 bits per heavy atom. The van der Waals surface area contributed by atoms with E-state index in [1.54, 1.807) is 12.5 Å². The van der Waals surface area contributed by atoms with Crippen LogP contribution < -0.4 is 10.6 Å². The van der Waals surface area contributed by atoms with Crippen molar-refractivity contribution in [3.63, 3.8) is 0 Å². The predicted octanol–water partition coefficient (Wildman–Crippen LogP) is 2.18. The molecule has 1 aromatic rings. The van der Waals surface area contributed by atoms with Gasteiger partial charge in [-0.15, -0.1) is 0 Å². The smallest absolute Gasteiger partial charge is 0.315 e. The quantitative estimate of drug-likeness (QED) is 0.790. The second kappa shape index (κ2) is 4.50. The van der Waals surface area contributed by atoms with Crippen molar-refractivity contribution >= 4 is 6.03 Å². The Bertz CT molecular complexity index is 461. The average molecular weight is 274 g/mol. The van der Waals surface area contributed by atoms with Crippen molar-refractivity contribution in [1.29, 1.82) is 0 Å². The van der Waals surface area contributed by atoms with E-state index in [4.69, 9.17) is 0 Å². The molecule has 4 aliphatic rings. The number of H-pyrrole nitrogens is 1. The van der Waals surface area contributed by atoms with Gasteiger partial charge in [-0.1, -0.05) is 0 Å². The second-order valence-electron chi connectivity index (χ2n) is 7.08.